The van der Waals surface area contributed by atoms with Crippen molar-refractivity contribution in [1.29, 1.82) is 0 Å². The fraction of sp³-hybridized carbons (Fsp3) is 1.00. The van der Waals surface area contributed by atoms with E-state index in [1.54, 1.807) is 6.55 Å². The summed E-state index contributed by atoms with van der Waals surface area (Å²) >= 11 is 0. The first-order valence-corrected chi connectivity index (χ1v) is 6.71. The number of hydrogen-bond donors (Lipinski definition) is 3. The van der Waals surface area contributed by atoms with Crippen LogP contribution < -0.4 is 5.32 Å². The predicted octanol–water partition coefficient (Wildman–Crippen LogP) is 0.289. The van der Waals surface area contributed by atoms with E-state index in [0.717, 1.165) is 13.1 Å². The normalized spacial score (nSPS) is 15.0. The first kappa shape index (κ1) is 11.1. The summed E-state index contributed by atoms with van der Waals surface area (Å²) in [4.78, 5) is 18.3. The Labute approximate surface area is 69.7 Å². The van der Waals surface area contributed by atoms with Gasteiger partial charge in [-0.15, -0.1) is 0 Å². The van der Waals surface area contributed by atoms with Crippen LogP contribution in [0, 0.1) is 5.92 Å². The van der Waals surface area contributed by atoms with Gasteiger partial charge >= 0.3 is 8.56 Å². The highest BCUT2D eigenvalue weighted by atomic mass is 28.4. The molecule has 0 heterocycles. The summed E-state index contributed by atoms with van der Waals surface area (Å²) in [6.45, 7) is 7.44. The summed E-state index contributed by atoms with van der Waals surface area (Å²) in [6, 6.07) is 0.556. The molecule has 0 aliphatic rings. The first-order chi connectivity index (χ1) is 4.95. The van der Waals surface area contributed by atoms with Gasteiger partial charge in [-0.25, -0.2) is 0 Å². The topological polar surface area (TPSA) is 52.5 Å². The molecule has 0 fully saturated rings. The Bertz CT molecular complexity index is 103. The minimum atomic E-state index is -2.81. The van der Waals surface area contributed by atoms with Crippen LogP contribution in [0.15, 0.2) is 0 Å². The van der Waals surface area contributed by atoms with Gasteiger partial charge in [0.25, 0.3) is 0 Å². The molecule has 0 saturated heterocycles. The molecular weight excluding hydrogens is 158 g/mol. The third kappa shape index (κ3) is 8.00. The van der Waals surface area contributed by atoms with Gasteiger partial charge in [0.1, 0.15) is 0 Å². The Morgan fingerprint density at radius 1 is 1.45 bits per heavy atom. The Balaban J connectivity index is 3.44. The standard InChI is InChI=1S/C7H19NO2Si/c1-4-8-5-7(2)6-11(3,9)10/h7-10H,4-6H2,1-3H3. The number of hydrogen-bond acceptors (Lipinski definition) is 3. The molecule has 3 nitrogen and oxygen atoms in total. The molecular formula is C7H19NO2Si. The van der Waals surface area contributed by atoms with Crippen LogP contribution in [0.5, 0.6) is 0 Å². The van der Waals surface area contributed by atoms with Crippen molar-refractivity contribution in [3.63, 3.8) is 0 Å². The maximum atomic E-state index is 9.15. The highest BCUT2D eigenvalue weighted by Crippen LogP contribution is 2.10. The monoisotopic (exact) mass is 177 g/mol. The van der Waals surface area contributed by atoms with Crippen LogP contribution in [0.2, 0.25) is 12.6 Å². The molecule has 0 aromatic heterocycles. The molecule has 1 atom stereocenters. The van der Waals surface area contributed by atoms with Crippen LogP contribution in [-0.2, 0) is 0 Å². The number of rotatable bonds is 5. The largest absolute Gasteiger partial charge is 0.411 e. The van der Waals surface area contributed by atoms with Crippen molar-refractivity contribution in [2.45, 2.75) is 26.4 Å². The van der Waals surface area contributed by atoms with Crippen LogP contribution in [0.25, 0.3) is 0 Å². The van der Waals surface area contributed by atoms with E-state index in [9.17, 15) is 0 Å². The van der Waals surface area contributed by atoms with Crippen LogP contribution in [0.3, 0.4) is 0 Å². The number of nitrogens with one attached hydrogen (secondary N) is 1. The zero-order valence-corrected chi connectivity index (χ0v) is 8.59. The zero-order valence-electron chi connectivity index (χ0n) is 7.59. The SMILES string of the molecule is CCNCC(C)C[Si](C)(O)O. The lowest BCUT2D eigenvalue weighted by atomic mass is 10.2. The van der Waals surface area contributed by atoms with Crippen LogP contribution in [-0.4, -0.2) is 31.2 Å². The molecule has 0 spiro atoms. The fourth-order valence-electron chi connectivity index (χ4n) is 1.12. The van der Waals surface area contributed by atoms with Crippen LogP contribution in [0.4, 0.5) is 0 Å². The van der Waals surface area contributed by atoms with E-state index in [1.165, 1.54) is 0 Å². The molecule has 68 valence electrons. The Morgan fingerprint density at radius 2 is 2.00 bits per heavy atom. The smallest absolute Gasteiger partial charge is 0.329 e. The Hall–Kier alpha value is 0.0969. The lowest BCUT2D eigenvalue weighted by Crippen LogP contribution is -2.34. The summed E-state index contributed by atoms with van der Waals surface area (Å²) in [5.41, 5.74) is 0. The van der Waals surface area contributed by atoms with Crippen molar-refractivity contribution in [2.24, 2.45) is 5.92 Å². The van der Waals surface area contributed by atoms with E-state index in [-0.39, 0.29) is 0 Å². The predicted molar refractivity (Wildman–Crippen MR) is 48.6 cm³/mol. The highest BCUT2D eigenvalue weighted by Gasteiger charge is 2.23. The lowest BCUT2D eigenvalue weighted by Gasteiger charge is -2.17. The highest BCUT2D eigenvalue weighted by molar-refractivity contribution is 6.63. The Morgan fingerprint density at radius 3 is 2.36 bits per heavy atom. The van der Waals surface area contributed by atoms with Gasteiger partial charge in [0.15, 0.2) is 0 Å². The van der Waals surface area contributed by atoms with Crippen molar-refractivity contribution in [3.8, 4) is 0 Å². The molecule has 0 rings (SSSR count). The van der Waals surface area contributed by atoms with Crippen molar-refractivity contribution in [2.75, 3.05) is 13.1 Å². The van der Waals surface area contributed by atoms with Gasteiger partial charge in [-0.05, 0) is 31.6 Å². The second kappa shape index (κ2) is 4.87. The first-order valence-electron chi connectivity index (χ1n) is 4.11. The van der Waals surface area contributed by atoms with Gasteiger partial charge in [0.05, 0.1) is 0 Å². The molecule has 0 radical (unpaired) electrons. The summed E-state index contributed by atoms with van der Waals surface area (Å²) in [6.07, 6.45) is 0. The minimum absolute atomic E-state index is 0.363. The second-order valence-corrected chi connectivity index (χ2v) is 6.18. The van der Waals surface area contributed by atoms with E-state index in [4.69, 9.17) is 9.59 Å². The van der Waals surface area contributed by atoms with Gasteiger partial charge < -0.3 is 14.9 Å². The molecule has 1 unspecified atom stereocenters. The molecule has 4 heteroatoms. The van der Waals surface area contributed by atoms with Gasteiger partial charge in [-0.3, -0.25) is 0 Å². The van der Waals surface area contributed by atoms with Gasteiger partial charge in [-0.2, -0.15) is 0 Å². The van der Waals surface area contributed by atoms with E-state index < -0.39 is 8.56 Å². The van der Waals surface area contributed by atoms with Gasteiger partial charge in [0.2, 0.25) is 0 Å². The molecule has 0 amide bonds. The van der Waals surface area contributed by atoms with E-state index >= 15 is 0 Å². The molecule has 0 aliphatic carbocycles. The van der Waals surface area contributed by atoms with Gasteiger partial charge in [-0.1, -0.05) is 13.8 Å². The lowest BCUT2D eigenvalue weighted by molar-refractivity contribution is 0.353. The van der Waals surface area contributed by atoms with E-state index in [1.807, 2.05) is 13.8 Å². The summed E-state index contributed by atoms with van der Waals surface area (Å²) < 4.78 is 0. The van der Waals surface area contributed by atoms with E-state index in [0.29, 0.717) is 12.0 Å². The van der Waals surface area contributed by atoms with Gasteiger partial charge in [0, 0.05) is 0 Å². The molecule has 11 heavy (non-hydrogen) atoms. The maximum absolute atomic E-state index is 9.15. The zero-order chi connectivity index (χ0) is 8.91. The second-order valence-electron chi connectivity index (χ2n) is 3.33. The molecule has 0 saturated carbocycles. The van der Waals surface area contributed by atoms with E-state index in [2.05, 4.69) is 5.32 Å². The molecule has 0 aromatic carbocycles. The van der Waals surface area contributed by atoms with Crippen molar-refractivity contribution >= 4 is 8.56 Å². The quantitative estimate of drug-likeness (QED) is 0.529. The van der Waals surface area contributed by atoms with Crippen LogP contribution >= 0.6 is 0 Å². The molecule has 3 N–H and O–H groups in total. The average molecular weight is 177 g/mol. The van der Waals surface area contributed by atoms with Crippen molar-refractivity contribution in [3.05, 3.63) is 0 Å². The summed E-state index contributed by atoms with van der Waals surface area (Å²) in [5, 5.41) is 3.17. The maximum Gasteiger partial charge on any atom is 0.329 e. The average Bonchev–Trinajstić information content (AvgIpc) is 1.79. The Kier molecular flexibility index (Phi) is 4.91. The molecule has 0 aromatic rings. The third-order valence-electron chi connectivity index (χ3n) is 1.48. The van der Waals surface area contributed by atoms with Crippen molar-refractivity contribution in [1.82, 2.24) is 5.32 Å². The van der Waals surface area contributed by atoms with Crippen LogP contribution in [0.1, 0.15) is 13.8 Å². The fourth-order valence-corrected chi connectivity index (χ4v) is 2.59. The minimum Gasteiger partial charge on any atom is -0.411 e. The van der Waals surface area contributed by atoms with Crippen molar-refractivity contribution < 1.29 is 9.59 Å². The summed E-state index contributed by atoms with van der Waals surface area (Å²) in [5.74, 6) is 0.363. The third-order valence-corrected chi connectivity index (χ3v) is 2.95. The summed E-state index contributed by atoms with van der Waals surface area (Å²) in [7, 11) is -2.81. The molecule has 0 bridgehead atoms. The molecule has 0 aliphatic heterocycles.